The fourth-order valence-electron chi connectivity index (χ4n) is 1.45. The number of nitrogens with zero attached hydrogens (tertiary/aromatic N) is 1. The van der Waals surface area contributed by atoms with Gasteiger partial charge in [-0.15, -0.1) is 6.58 Å². The summed E-state index contributed by atoms with van der Waals surface area (Å²) in [5.41, 5.74) is 0.837. The molecule has 0 saturated heterocycles. The number of hydrogen-bond donors (Lipinski definition) is 0. The van der Waals surface area contributed by atoms with Gasteiger partial charge < -0.3 is 4.90 Å². The second-order valence-electron chi connectivity index (χ2n) is 3.59. The van der Waals surface area contributed by atoms with Gasteiger partial charge in [0.1, 0.15) is 0 Å². The van der Waals surface area contributed by atoms with Crippen LogP contribution in [0.25, 0.3) is 0 Å². The quantitative estimate of drug-likeness (QED) is 0.719. The largest absolute Gasteiger partial charge is 0.409 e. The van der Waals surface area contributed by atoms with E-state index >= 15 is 0 Å². The summed E-state index contributed by atoms with van der Waals surface area (Å²) in [5, 5.41) is 0. The predicted molar refractivity (Wildman–Crippen MR) is 71.7 cm³/mol. The van der Waals surface area contributed by atoms with Gasteiger partial charge >= 0.3 is 6.18 Å². The first-order valence-corrected chi connectivity index (χ1v) is 6.08. The molecule has 0 aromatic heterocycles. The van der Waals surface area contributed by atoms with Crippen molar-refractivity contribution in [3.63, 3.8) is 0 Å². The van der Waals surface area contributed by atoms with Crippen LogP contribution in [0.15, 0.2) is 53.5 Å². The molecule has 0 radical (unpaired) electrons. The van der Waals surface area contributed by atoms with Gasteiger partial charge in [-0.2, -0.15) is 13.2 Å². The Balaban J connectivity index is 2.81. The standard InChI is InChI=1S/C13H13BrF3N/c1-2-9-18(10-5-8-13(15,16)17)12-7-4-3-6-11(12)14/h2-8H,1,9-10H2/b8-5+. The Morgan fingerprint density at radius 1 is 1.22 bits per heavy atom. The zero-order valence-corrected chi connectivity index (χ0v) is 11.2. The molecule has 0 aliphatic heterocycles. The fourth-order valence-corrected chi connectivity index (χ4v) is 1.98. The third-order valence-corrected chi connectivity index (χ3v) is 2.85. The molecule has 0 heterocycles. The van der Waals surface area contributed by atoms with Gasteiger partial charge in [0.25, 0.3) is 0 Å². The molecule has 1 nitrogen and oxygen atoms in total. The van der Waals surface area contributed by atoms with Crippen molar-refractivity contribution in [3.8, 4) is 0 Å². The van der Waals surface area contributed by atoms with Crippen LogP contribution in [0, 0.1) is 0 Å². The first-order valence-electron chi connectivity index (χ1n) is 5.29. The molecule has 98 valence electrons. The summed E-state index contributed by atoms with van der Waals surface area (Å²) in [4.78, 5) is 1.79. The minimum absolute atomic E-state index is 0.175. The number of anilines is 1. The molecule has 0 aliphatic rings. The van der Waals surface area contributed by atoms with E-state index in [2.05, 4.69) is 22.5 Å². The lowest BCUT2D eigenvalue weighted by Gasteiger charge is -2.23. The summed E-state index contributed by atoms with van der Waals surface area (Å²) in [7, 11) is 0. The van der Waals surface area contributed by atoms with Crippen LogP contribution in [0.4, 0.5) is 18.9 Å². The third kappa shape index (κ3) is 4.96. The molecule has 0 aliphatic carbocycles. The average molecular weight is 320 g/mol. The summed E-state index contributed by atoms with van der Waals surface area (Å²) in [5.74, 6) is 0. The second-order valence-corrected chi connectivity index (χ2v) is 4.44. The topological polar surface area (TPSA) is 3.24 Å². The van der Waals surface area contributed by atoms with E-state index in [1.165, 1.54) is 0 Å². The Kier molecular flexibility index (Phi) is 5.47. The molecule has 1 aromatic rings. The molecular weight excluding hydrogens is 307 g/mol. The Morgan fingerprint density at radius 2 is 1.89 bits per heavy atom. The lowest BCUT2D eigenvalue weighted by Crippen LogP contribution is -2.24. The maximum Gasteiger partial charge on any atom is 0.409 e. The van der Waals surface area contributed by atoms with Crippen molar-refractivity contribution in [2.24, 2.45) is 0 Å². The van der Waals surface area contributed by atoms with Crippen LogP contribution in [0.1, 0.15) is 0 Å². The van der Waals surface area contributed by atoms with E-state index < -0.39 is 6.18 Å². The van der Waals surface area contributed by atoms with Crippen LogP contribution < -0.4 is 4.90 Å². The molecule has 1 aromatic carbocycles. The van der Waals surface area contributed by atoms with Crippen molar-refractivity contribution in [2.75, 3.05) is 18.0 Å². The van der Waals surface area contributed by atoms with Gasteiger partial charge in [0.05, 0.1) is 5.69 Å². The molecule has 0 N–H and O–H groups in total. The van der Waals surface area contributed by atoms with Crippen molar-refractivity contribution in [3.05, 3.63) is 53.5 Å². The minimum Gasteiger partial charge on any atom is -0.363 e. The van der Waals surface area contributed by atoms with Crippen molar-refractivity contribution < 1.29 is 13.2 Å². The molecule has 1 rings (SSSR count). The lowest BCUT2D eigenvalue weighted by atomic mass is 10.2. The highest BCUT2D eigenvalue weighted by Crippen LogP contribution is 2.25. The fraction of sp³-hybridized carbons (Fsp3) is 0.231. The SMILES string of the molecule is C=CCN(C/C=C/C(F)(F)F)c1ccccc1Br. The van der Waals surface area contributed by atoms with Gasteiger partial charge in [-0.25, -0.2) is 0 Å². The summed E-state index contributed by atoms with van der Waals surface area (Å²) in [6.07, 6.45) is -1.27. The molecule has 5 heteroatoms. The highest BCUT2D eigenvalue weighted by Gasteiger charge is 2.21. The molecule has 0 unspecified atom stereocenters. The minimum atomic E-state index is -4.27. The average Bonchev–Trinajstić information content (AvgIpc) is 2.27. The molecule has 18 heavy (non-hydrogen) atoms. The number of rotatable bonds is 5. The van der Waals surface area contributed by atoms with E-state index in [9.17, 15) is 13.2 Å². The van der Waals surface area contributed by atoms with E-state index in [0.717, 1.165) is 16.2 Å². The van der Waals surface area contributed by atoms with Crippen LogP contribution in [0.3, 0.4) is 0 Å². The summed E-state index contributed by atoms with van der Waals surface area (Å²) in [6.45, 7) is 4.26. The molecule has 0 bridgehead atoms. The maximum absolute atomic E-state index is 12.0. The van der Waals surface area contributed by atoms with Crippen molar-refractivity contribution in [1.82, 2.24) is 0 Å². The van der Waals surface area contributed by atoms with E-state index in [-0.39, 0.29) is 12.6 Å². The Labute approximate surface area is 113 Å². The second kappa shape index (κ2) is 6.64. The predicted octanol–water partition coefficient (Wildman–Crippen LogP) is 4.56. The third-order valence-electron chi connectivity index (χ3n) is 2.18. The summed E-state index contributed by atoms with van der Waals surface area (Å²) in [6, 6.07) is 7.38. The highest BCUT2D eigenvalue weighted by molar-refractivity contribution is 9.10. The smallest absolute Gasteiger partial charge is 0.363 e. The van der Waals surface area contributed by atoms with E-state index in [0.29, 0.717) is 6.54 Å². The number of benzene rings is 1. The Hall–Kier alpha value is -1.23. The summed E-state index contributed by atoms with van der Waals surface area (Å²) >= 11 is 3.38. The number of para-hydroxylation sites is 1. The van der Waals surface area contributed by atoms with Crippen LogP contribution >= 0.6 is 15.9 Å². The number of hydrogen-bond acceptors (Lipinski definition) is 1. The molecule has 0 atom stereocenters. The Morgan fingerprint density at radius 3 is 2.44 bits per heavy atom. The van der Waals surface area contributed by atoms with Gasteiger partial charge in [0.2, 0.25) is 0 Å². The molecule has 0 amide bonds. The van der Waals surface area contributed by atoms with Crippen molar-refractivity contribution >= 4 is 21.6 Å². The molecular formula is C13H13BrF3N. The monoisotopic (exact) mass is 319 g/mol. The molecule has 0 saturated carbocycles. The van der Waals surface area contributed by atoms with Crippen molar-refractivity contribution in [1.29, 1.82) is 0 Å². The Bertz CT molecular complexity index is 426. The van der Waals surface area contributed by atoms with Crippen molar-refractivity contribution in [2.45, 2.75) is 6.18 Å². The molecule has 0 spiro atoms. The number of halogens is 4. The van der Waals surface area contributed by atoms with E-state index in [4.69, 9.17) is 0 Å². The first kappa shape index (κ1) is 14.8. The highest BCUT2D eigenvalue weighted by atomic mass is 79.9. The van der Waals surface area contributed by atoms with E-state index in [1.807, 2.05) is 24.3 Å². The van der Waals surface area contributed by atoms with E-state index in [1.54, 1.807) is 11.0 Å². The van der Waals surface area contributed by atoms with Gasteiger partial charge in [-0.3, -0.25) is 0 Å². The zero-order chi connectivity index (χ0) is 13.6. The normalized spacial score (nSPS) is 11.8. The summed E-state index contributed by atoms with van der Waals surface area (Å²) < 4.78 is 37.0. The maximum atomic E-state index is 12.0. The first-order chi connectivity index (χ1) is 8.44. The number of allylic oxidation sites excluding steroid dienone is 1. The lowest BCUT2D eigenvalue weighted by molar-refractivity contribution is -0.0799. The van der Waals surface area contributed by atoms with Gasteiger partial charge in [-0.05, 0) is 28.1 Å². The molecule has 0 fully saturated rings. The van der Waals surface area contributed by atoms with Crippen LogP contribution in [-0.4, -0.2) is 19.3 Å². The van der Waals surface area contributed by atoms with Gasteiger partial charge in [0.15, 0.2) is 0 Å². The van der Waals surface area contributed by atoms with Crippen LogP contribution in [0.2, 0.25) is 0 Å². The number of alkyl halides is 3. The van der Waals surface area contributed by atoms with Crippen LogP contribution in [0.5, 0.6) is 0 Å². The van der Waals surface area contributed by atoms with Crippen LogP contribution in [-0.2, 0) is 0 Å². The van der Waals surface area contributed by atoms with Gasteiger partial charge in [0, 0.05) is 23.6 Å². The van der Waals surface area contributed by atoms with Gasteiger partial charge in [-0.1, -0.05) is 24.3 Å². The zero-order valence-electron chi connectivity index (χ0n) is 9.62.